The van der Waals surface area contributed by atoms with Crippen molar-refractivity contribution in [2.75, 3.05) is 32.7 Å². The Morgan fingerprint density at radius 1 is 1.12 bits per heavy atom. The van der Waals surface area contributed by atoms with Crippen LogP contribution in [-0.4, -0.2) is 64.1 Å². The topological polar surface area (TPSA) is 56.7 Å². The highest BCUT2D eigenvalue weighted by atomic mass is 19.1. The van der Waals surface area contributed by atoms with E-state index in [1.165, 1.54) is 18.1 Å². The number of carboxylic acid groups (broad SMARTS) is 1. The zero-order valence-corrected chi connectivity index (χ0v) is 19.9. The Kier molecular flexibility index (Phi) is 6.98. The molecule has 182 valence electrons. The number of hydrogen-bond donors (Lipinski definition) is 1. The summed E-state index contributed by atoms with van der Waals surface area (Å²) >= 11 is 0. The molecule has 1 aliphatic carbocycles. The van der Waals surface area contributed by atoms with E-state index < -0.39 is 5.97 Å². The first-order chi connectivity index (χ1) is 16.5. The van der Waals surface area contributed by atoms with Crippen molar-refractivity contribution in [3.63, 3.8) is 0 Å². The molecule has 1 N–H and O–H groups in total. The van der Waals surface area contributed by atoms with Crippen LogP contribution in [0.25, 0.3) is 0 Å². The van der Waals surface area contributed by atoms with Gasteiger partial charge in [-0.1, -0.05) is 18.2 Å². The van der Waals surface area contributed by atoms with E-state index in [9.17, 15) is 14.3 Å². The average molecular weight is 466 g/mol. The number of hydrogen-bond acceptors (Lipinski definition) is 4. The van der Waals surface area contributed by atoms with E-state index in [0.29, 0.717) is 11.8 Å². The van der Waals surface area contributed by atoms with Gasteiger partial charge in [0.25, 0.3) is 0 Å². The normalized spacial score (nSPS) is 25.8. The molecule has 0 radical (unpaired) electrons. The largest absolute Gasteiger partial charge is 0.481 e. The van der Waals surface area contributed by atoms with Gasteiger partial charge in [-0.3, -0.25) is 14.7 Å². The number of rotatable bonds is 8. The maximum atomic E-state index is 14.1. The van der Waals surface area contributed by atoms with E-state index in [2.05, 4.69) is 26.9 Å². The molecule has 5 rings (SSSR count). The van der Waals surface area contributed by atoms with E-state index in [4.69, 9.17) is 0 Å². The lowest BCUT2D eigenvalue weighted by atomic mass is 9.72. The lowest BCUT2D eigenvalue weighted by Gasteiger charge is -2.49. The van der Waals surface area contributed by atoms with Crippen LogP contribution in [0.15, 0.2) is 48.8 Å². The molecule has 5 nitrogen and oxygen atoms in total. The minimum atomic E-state index is -0.708. The van der Waals surface area contributed by atoms with Crippen LogP contribution in [0.3, 0.4) is 0 Å². The van der Waals surface area contributed by atoms with E-state index in [1.807, 2.05) is 24.5 Å². The quantitative estimate of drug-likeness (QED) is 0.601. The molecular weight excluding hydrogens is 429 g/mol. The molecule has 0 amide bonds. The molecule has 6 heteroatoms. The van der Waals surface area contributed by atoms with Crippen LogP contribution in [0.5, 0.6) is 0 Å². The van der Waals surface area contributed by atoms with Crippen LogP contribution in [0.4, 0.5) is 4.39 Å². The van der Waals surface area contributed by atoms with E-state index in [1.54, 1.807) is 6.07 Å². The van der Waals surface area contributed by atoms with Crippen molar-refractivity contribution in [2.24, 2.45) is 5.92 Å². The lowest BCUT2D eigenvalue weighted by Crippen LogP contribution is -2.53. The third-order valence-corrected chi connectivity index (χ3v) is 8.71. The summed E-state index contributed by atoms with van der Waals surface area (Å²) in [6.45, 7) is 5.06. The number of benzene rings is 1. The van der Waals surface area contributed by atoms with Gasteiger partial charge in [-0.25, -0.2) is 4.39 Å². The van der Waals surface area contributed by atoms with Gasteiger partial charge in [0.15, 0.2) is 0 Å². The van der Waals surface area contributed by atoms with Crippen molar-refractivity contribution in [2.45, 2.75) is 62.3 Å². The Bertz CT molecular complexity index is 973. The van der Waals surface area contributed by atoms with Crippen LogP contribution in [0.1, 0.15) is 67.9 Å². The summed E-state index contributed by atoms with van der Waals surface area (Å²) in [7, 11) is 0. The molecule has 34 heavy (non-hydrogen) atoms. The Hall–Kier alpha value is -2.31. The zero-order chi connectivity index (χ0) is 23.5. The number of aromatic nitrogens is 1. The first kappa shape index (κ1) is 23.4. The van der Waals surface area contributed by atoms with Crippen LogP contribution >= 0.6 is 0 Å². The molecule has 0 spiro atoms. The average Bonchev–Trinajstić information content (AvgIpc) is 3.23. The number of nitrogens with zero attached hydrogens (tertiary/aromatic N) is 3. The number of aliphatic carboxylic acids is 1. The summed E-state index contributed by atoms with van der Waals surface area (Å²) in [5, 5.41) is 9.30. The number of piperidine rings is 1. The van der Waals surface area contributed by atoms with E-state index >= 15 is 0 Å². The second-order valence-electron chi connectivity index (χ2n) is 10.7. The van der Waals surface area contributed by atoms with Crippen molar-refractivity contribution < 1.29 is 14.3 Å². The highest BCUT2D eigenvalue weighted by Gasteiger charge is 2.48. The summed E-state index contributed by atoms with van der Waals surface area (Å²) in [4.78, 5) is 20.8. The number of pyridine rings is 1. The van der Waals surface area contributed by atoms with Gasteiger partial charge in [-0.2, -0.15) is 0 Å². The van der Waals surface area contributed by atoms with Gasteiger partial charge in [0.1, 0.15) is 5.82 Å². The predicted octanol–water partition coefficient (Wildman–Crippen LogP) is 4.90. The Labute approximate surface area is 202 Å². The summed E-state index contributed by atoms with van der Waals surface area (Å²) < 4.78 is 14.1. The summed E-state index contributed by atoms with van der Waals surface area (Å²) in [5.41, 5.74) is 2.45. The van der Waals surface area contributed by atoms with Crippen LogP contribution < -0.4 is 0 Å². The Morgan fingerprint density at radius 3 is 2.56 bits per heavy atom. The second kappa shape index (κ2) is 10.1. The first-order valence-electron chi connectivity index (χ1n) is 12.9. The summed E-state index contributed by atoms with van der Waals surface area (Å²) in [6.07, 6.45) is 10.4. The van der Waals surface area contributed by atoms with Crippen LogP contribution in [0, 0.1) is 11.7 Å². The van der Waals surface area contributed by atoms with Gasteiger partial charge >= 0.3 is 5.97 Å². The summed E-state index contributed by atoms with van der Waals surface area (Å²) in [6, 6.07) is 11.3. The molecule has 1 aromatic carbocycles. The molecule has 2 saturated heterocycles. The van der Waals surface area contributed by atoms with Gasteiger partial charge in [-0.05, 0) is 92.8 Å². The maximum absolute atomic E-state index is 14.1. The van der Waals surface area contributed by atoms with E-state index in [0.717, 1.165) is 70.4 Å². The Balaban J connectivity index is 1.28. The number of halogens is 1. The minimum absolute atomic E-state index is 0.0199. The molecule has 2 aliphatic heterocycles. The number of likely N-dealkylation sites (tertiary alicyclic amines) is 2. The van der Waals surface area contributed by atoms with Gasteiger partial charge in [0.2, 0.25) is 0 Å². The van der Waals surface area contributed by atoms with Crippen molar-refractivity contribution in [3.8, 4) is 0 Å². The van der Waals surface area contributed by atoms with Gasteiger partial charge in [-0.15, -0.1) is 0 Å². The number of carboxylic acids is 1. The van der Waals surface area contributed by atoms with Gasteiger partial charge < -0.3 is 10.0 Å². The van der Waals surface area contributed by atoms with Crippen molar-refractivity contribution >= 4 is 5.97 Å². The fraction of sp³-hybridized carbons (Fsp3) is 0.571. The molecule has 1 saturated carbocycles. The molecule has 0 bridgehead atoms. The zero-order valence-electron chi connectivity index (χ0n) is 19.9. The third-order valence-electron chi connectivity index (χ3n) is 8.71. The smallest absolute Gasteiger partial charge is 0.303 e. The predicted molar refractivity (Wildman–Crippen MR) is 130 cm³/mol. The van der Waals surface area contributed by atoms with Gasteiger partial charge in [0.05, 0.1) is 0 Å². The molecule has 2 atom stereocenters. The molecule has 1 aromatic heterocycles. The SMILES string of the molecule is O=C(O)CCC1(N2C[C@H](CN3CCC(c4cccnc4)CC3)[C@@H](c3cccc(F)c3)C2)CCC1. The highest BCUT2D eigenvalue weighted by Crippen LogP contribution is 2.47. The fourth-order valence-corrected chi connectivity index (χ4v) is 6.61. The minimum Gasteiger partial charge on any atom is -0.481 e. The molecule has 0 unspecified atom stereocenters. The second-order valence-corrected chi connectivity index (χ2v) is 10.7. The number of carbonyl (C=O) groups is 1. The van der Waals surface area contributed by atoms with Crippen molar-refractivity contribution in [1.82, 2.24) is 14.8 Å². The lowest BCUT2D eigenvalue weighted by molar-refractivity contribution is -0.138. The maximum Gasteiger partial charge on any atom is 0.303 e. The van der Waals surface area contributed by atoms with Gasteiger partial charge in [0, 0.05) is 49.9 Å². The van der Waals surface area contributed by atoms with E-state index in [-0.39, 0.29) is 23.7 Å². The standard InChI is InChI=1S/C28H36FN3O2/c29-25-6-1-4-22(16-25)26-20-32(28(10-3-11-28)12-7-27(33)34)19-24(26)18-31-14-8-21(9-15-31)23-5-2-13-30-17-23/h1-2,4-6,13,16-17,21,24,26H,3,7-12,14-15,18-20H2,(H,33,34)/t24-,26+/m0/s1. The Morgan fingerprint density at radius 2 is 1.91 bits per heavy atom. The monoisotopic (exact) mass is 465 g/mol. The van der Waals surface area contributed by atoms with Crippen LogP contribution in [0.2, 0.25) is 0 Å². The molecule has 3 heterocycles. The molecule has 3 fully saturated rings. The molecule has 3 aliphatic rings. The summed E-state index contributed by atoms with van der Waals surface area (Å²) in [5.74, 6) is 0.419. The molecule has 2 aromatic rings. The first-order valence-corrected chi connectivity index (χ1v) is 12.9. The van der Waals surface area contributed by atoms with Crippen molar-refractivity contribution in [3.05, 3.63) is 65.7 Å². The molecular formula is C28H36FN3O2. The third kappa shape index (κ3) is 5.03. The van der Waals surface area contributed by atoms with Crippen molar-refractivity contribution in [1.29, 1.82) is 0 Å². The fourth-order valence-electron chi connectivity index (χ4n) is 6.61. The van der Waals surface area contributed by atoms with Crippen LogP contribution in [-0.2, 0) is 4.79 Å². The highest BCUT2D eigenvalue weighted by molar-refractivity contribution is 5.66.